The van der Waals surface area contributed by atoms with Gasteiger partial charge in [0, 0.05) is 36.5 Å². The van der Waals surface area contributed by atoms with Gasteiger partial charge in [-0.25, -0.2) is 0 Å². The molecule has 4 unspecified atom stereocenters. The fourth-order valence-corrected chi connectivity index (χ4v) is 7.17. The van der Waals surface area contributed by atoms with Crippen molar-refractivity contribution >= 4 is 34.5 Å². The van der Waals surface area contributed by atoms with Gasteiger partial charge >= 0.3 is 0 Å². The molecule has 3 heterocycles. The van der Waals surface area contributed by atoms with Crippen LogP contribution in [0.1, 0.15) is 54.6 Å². The minimum Gasteiger partial charge on any atom is -0.381 e. The van der Waals surface area contributed by atoms with E-state index in [0.29, 0.717) is 25.2 Å². The van der Waals surface area contributed by atoms with Crippen molar-refractivity contribution in [1.82, 2.24) is 25.8 Å². The van der Waals surface area contributed by atoms with Crippen molar-refractivity contribution < 1.29 is 24.3 Å². The Balaban J connectivity index is 1.22. The monoisotopic (exact) mass is 585 g/mol. The standard InChI is InChI=1S/C33H39N5O5/c39-29(32(42)35-18-20-8-2-1-3-9-20)26(17-22-12-7-15-34-30(22)40)37-31(41)28-24-13-6-11-23(24)19-38(28)33(43)27-16-21-10-4-5-14-25(21)36-27/h1-5,8-10,14,16,22-24,26,28-29,36,39H,6-7,11-13,15,17-19H2,(H,34,40)(H,35,42)(H,37,41)/t22-,23?,24?,26-,28?,29?/m0/s1. The Bertz CT molecular complexity index is 1460. The number of hydrogen-bond acceptors (Lipinski definition) is 5. The summed E-state index contributed by atoms with van der Waals surface area (Å²) in [5.74, 6) is -1.63. The molecule has 1 saturated carbocycles. The van der Waals surface area contributed by atoms with Crippen molar-refractivity contribution in [2.45, 2.75) is 63.3 Å². The van der Waals surface area contributed by atoms with E-state index in [1.165, 1.54) is 0 Å². The maximum absolute atomic E-state index is 14.1. The van der Waals surface area contributed by atoms with Crippen LogP contribution in [0.5, 0.6) is 0 Å². The number of carbonyl (C=O) groups excluding carboxylic acids is 4. The third-order valence-electron chi connectivity index (χ3n) is 9.41. The first-order valence-electron chi connectivity index (χ1n) is 15.4. The van der Waals surface area contributed by atoms with Crippen LogP contribution >= 0.6 is 0 Å². The second-order valence-corrected chi connectivity index (χ2v) is 12.2. The predicted octanol–water partition coefficient (Wildman–Crippen LogP) is 2.49. The third kappa shape index (κ3) is 6.15. The molecule has 0 bridgehead atoms. The van der Waals surface area contributed by atoms with Gasteiger partial charge in [-0.2, -0.15) is 0 Å². The van der Waals surface area contributed by atoms with Crippen molar-refractivity contribution in [2.75, 3.05) is 13.1 Å². The Morgan fingerprint density at radius 1 is 1.00 bits per heavy atom. The number of aromatic nitrogens is 1. The number of para-hydroxylation sites is 1. The molecule has 0 spiro atoms. The van der Waals surface area contributed by atoms with Gasteiger partial charge in [0.1, 0.15) is 11.7 Å². The van der Waals surface area contributed by atoms with Crippen molar-refractivity contribution in [2.24, 2.45) is 17.8 Å². The molecule has 3 aliphatic rings. The molecule has 3 aromatic rings. The summed E-state index contributed by atoms with van der Waals surface area (Å²) in [6.07, 6.45) is 2.71. The lowest BCUT2D eigenvalue weighted by molar-refractivity contribution is -0.136. The molecule has 226 valence electrons. The lowest BCUT2D eigenvalue weighted by Gasteiger charge is -2.32. The first kappa shape index (κ1) is 28.9. The van der Waals surface area contributed by atoms with Crippen LogP contribution in [0.3, 0.4) is 0 Å². The van der Waals surface area contributed by atoms with E-state index in [-0.39, 0.29) is 36.6 Å². The molecule has 6 rings (SSSR count). The molecule has 6 atom stereocenters. The number of nitrogens with one attached hydrogen (secondary N) is 4. The Kier molecular flexibility index (Phi) is 8.47. The van der Waals surface area contributed by atoms with Crippen LogP contribution in [0, 0.1) is 17.8 Å². The summed E-state index contributed by atoms with van der Waals surface area (Å²) in [5, 5.41) is 20.7. The molecule has 2 saturated heterocycles. The van der Waals surface area contributed by atoms with Crippen LogP contribution in [0.2, 0.25) is 0 Å². The van der Waals surface area contributed by atoms with Crippen molar-refractivity contribution in [1.29, 1.82) is 0 Å². The van der Waals surface area contributed by atoms with E-state index >= 15 is 0 Å². The molecule has 4 amide bonds. The zero-order valence-electron chi connectivity index (χ0n) is 24.1. The number of aliphatic hydroxyl groups is 1. The van der Waals surface area contributed by atoms with Gasteiger partial charge in [-0.15, -0.1) is 0 Å². The van der Waals surface area contributed by atoms with E-state index in [1.807, 2.05) is 60.7 Å². The molecule has 1 aromatic heterocycles. The molecule has 2 aromatic carbocycles. The normalized spacial score (nSPS) is 24.7. The van der Waals surface area contributed by atoms with E-state index in [2.05, 4.69) is 20.9 Å². The number of carbonyl (C=O) groups is 4. The topological polar surface area (TPSA) is 144 Å². The number of benzene rings is 2. The van der Waals surface area contributed by atoms with Crippen molar-refractivity contribution in [3.05, 3.63) is 71.9 Å². The van der Waals surface area contributed by atoms with Gasteiger partial charge in [0.05, 0.1) is 6.04 Å². The quantitative estimate of drug-likeness (QED) is 0.262. The maximum Gasteiger partial charge on any atom is 0.271 e. The number of piperidine rings is 1. The van der Waals surface area contributed by atoms with Crippen LogP contribution in [0.15, 0.2) is 60.7 Å². The van der Waals surface area contributed by atoms with E-state index < -0.39 is 35.9 Å². The Hall–Kier alpha value is -4.18. The maximum atomic E-state index is 14.1. The van der Waals surface area contributed by atoms with Crippen LogP contribution < -0.4 is 16.0 Å². The van der Waals surface area contributed by atoms with E-state index in [4.69, 9.17) is 0 Å². The highest BCUT2D eigenvalue weighted by atomic mass is 16.3. The Labute approximate surface area is 250 Å². The summed E-state index contributed by atoms with van der Waals surface area (Å²) in [5.41, 5.74) is 2.15. The molecule has 5 N–H and O–H groups in total. The number of hydrogen-bond donors (Lipinski definition) is 5. The summed E-state index contributed by atoms with van der Waals surface area (Å²) in [6.45, 7) is 1.29. The zero-order chi connectivity index (χ0) is 29.9. The van der Waals surface area contributed by atoms with Gasteiger partial charge in [-0.05, 0) is 61.6 Å². The highest BCUT2D eigenvalue weighted by molar-refractivity contribution is 6.00. The van der Waals surface area contributed by atoms with Crippen molar-refractivity contribution in [3.8, 4) is 0 Å². The number of H-pyrrole nitrogens is 1. The van der Waals surface area contributed by atoms with Gasteiger partial charge in [-0.1, -0.05) is 55.0 Å². The fraction of sp³-hybridized carbons (Fsp3) is 0.455. The second-order valence-electron chi connectivity index (χ2n) is 12.2. The van der Waals surface area contributed by atoms with E-state index in [9.17, 15) is 24.3 Å². The van der Waals surface area contributed by atoms with Crippen LogP contribution in [0.4, 0.5) is 0 Å². The molecule has 0 radical (unpaired) electrons. The number of nitrogens with zero attached hydrogens (tertiary/aromatic N) is 1. The minimum atomic E-state index is -1.57. The summed E-state index contributed by atoms with van der Waals surface area (Å²) in [4.78, 5) is 58.5. The summed E-state index contributed by atoms with van der Waals surface area (Å²) >= 11 is 0. The van der Waals surface area contributed by atoms with Gasteiger partial charge in [0.25, 0.3) is 11.8 Å². The number of fused-ring (bicyclic) bond motifs is 2. The fourth-order valence-electron chi connectivity index (χ4n) is 7.17. The molecule has 2 aliphatic heterocycles. The summed E-state index contributed by atoms with van der Waals surface area (Å²) < 4.78 is 0. The van der Waals surface area contributed by atoms with Gasteiger partial charge in [0.2, 0.25) is 11.8 Å². The molecule has 43 heavy (non-hydrogen) atoms. The third-order valence-corrected chi connectivity index (χ3v) is 9.41. The molecular weight excluding hydrogens is 546 g/mol. The zero-order valence-corrected chi connectivity index (χ0v) is 24.1. The summed E-state index contributed by atoms with van der Waals surface area (Å²) in [7, 11) is 0. The molecular formula is C33H39N5O5. The van der Waals surface area contributed by atoms with Gasteiger partial charge < -0.3 is 30.9 Å². The first-order chi connectivity index (χ1) is 20.9. The van der Waals surface area contributed by atoms with Gasteiger partial charge in [0.15, 0.2) is 6.10 Å². The minimum absolute atomic E-state index is 0.00370. The lowest BCUT2D eigenvalue weighted by atomic mass is 9.88. The van der Waals surface area contributed by atoms with E-state index in [1.54, 1.807) is 4.90 Å². The number of aromatic amines is 1. The van der Waals surface area contributed by atoms with Gasteiger partial charge in [-0.3, -0.25) is 19.2 Å². The number of rotatable bonds is 9. The van der Waals surface area contributed by atoms with Crippen LogP contribution in [0.25, 0.3) is 10.9 Å². The number of likely N-dealkylation sites (tertiary alicyclic amines) is 1. The highest BCUT2D eigenvalue weighted by Gasteiger charge is 2.50. The average Bonchev–Trinajstić information content (AvgIpc) is 3.75. The highest BCUT2D eigenvalue weighted by Crippen LogP contribution is 2.43. The Morgan fingerprint density at radius 2 is 1.79 bits per heavy atom. The average molecular weight is 586 g/mol. The molecule has 3 fully saturated rings. The first-order valence-corrected chi connectivity index (χ1v) is 15.4. The van der Waals surface area contributed by atoms with Crippen LogP contribution in [-0.2, 0) is 20.9 Å². The second kappa shape index (κ2) is 12.6. The number of amides is 4. The van der Waals surface area contributed by atoms with E-state index in [0.717, 1.165) is 42.1 Å². The predicted molar refractivity (Wildman–Crippen MR) is 161 cm³/mol. The molecule has 10 heteroatoms. The van der Waals surface area contributed by atoms with Crippen molar-refractivity contribution in [3.63, 3.8) is 0 Å². The lowest BCUT2D eigenvalue weighted by Crippen LogP contribution is -2.57. The summed E-state index contributed by atoms with van der Waals surface area (Å²) in [6, 6.07) is 17.1. The smallest absolute Gasteiger partial charge is 0.271 e. The number of aliphatic hydroxyl groups excluding tert-OH is 1. The van der Waals surface area contributed by atoms with Crippen LogP contribution in [-0.4, -0.2) is 69.9 Å². The SMILES string of the molecule is O=C(NCc1ccccc1)C(O)[C@H](C[C@@H]1CCCNC1=O)NC(=O)C1C2CCCC2CN1C(=O)c1cc2ccccc2[nH]1. The molecule has 10 nitrogen and oxygen atoms in total. The molecule has 1 aliphatic carbocycles. The Morgan fingerprint density at radius 3 is 2.58 bits per heavy atom. The largest absolute Gasteiger partial charge is 0.381 e.